The molecule has 3 aromatic rings. The lowest BCUT2D eigenvalue weighted by Gasteiger charge is -2.02. The maximum absolute atomic E-state index is 12.6. The Kier molecular flexibility index (Phi) is 4.49. The second kappa shape index (κ2) is 6.75. The van der Waals surface area contributed by atoms with Crippen molar-refractivity contribution >= 4 is 17.1 Å². The molecular formula is C18H17N5O3. The number of aromatic amines is 1. The van der Waals surface area contributed by atoms with Gasteiger partial charge in [0.25, 0.3) is 11.2 Å². The highest BCUT2D eigenvalue weighted by Gasteiger charge is 2.17. The maximum atomic E-state index is 12.6. The first-order chi connectivity index (χ1) is 12.4. The SMILES string of the molecule is Cc1cc(N=Nc2c(C)[nH]n(-c3ccccc3)c2=O)c([N+](=O)[O-])cc1C. The zero-order valence-corrected chi connectivity index (χ0v) is 14.6. The molecule has 0 aliphatic carbocycles. The van der Waals surface area contributed by atoms with E-state index in [1.165, 1.54) is 10.7 Å². The Hall–Kier alpha value is -3.55. The number of aromatic nitrogens is 2. The van der Waals surface area contributed by atoms with Crippen molar-refractivity contribution in [3.05, 3.63) is 79.8 Å². The molecule has 0 aliphatic heterocycles. The highest BCUT2D eigenvalue weighted by atomic mass is 16.6. The number of aryl methyl sites for hydroxylation is 3. The normalized spacial score (nSPS) is 11.2. The lowest BCUT2D eigenvalue weighted by atomic mass is 10.1. The van der Waals surface area contributed by atoms with Crippen molar-refractivity contribution in [1.29, 1.82) is 0 Å². The molecular weight excluding hydrogens is 334 g/mol. The number of nitrogens with zero attached hydrogens (tertiary/aromatic N) is 4. The predicted octanol–water partition coefficient (Wildman–Crippen LogP) is 4.41. The van der Waals surface area contributed by atoms with Gasteiger partial charge in [0, 0.05) is 6.07 Å². The van der Waals surface area contributed by atoms with Crippen LogP contribution in [0.3, 0.4) is 0 Å². The first kappa shape index (κ1) is 17.3. The van der Waals surface area contributed by atoms with Crippen LogP contribution in [0.1, 0.15) is 16.8 Å². The Labute approximate surface area is 149 Å². The standard InChI is InChI=1S/C18H17N5O3/c1-11-9-15(16(23(25)26)10-12(11)2)19-20-17-13(3)21-22(18(17)24)14-7-5-4-6-8-14/h4-10,21H,1-3H3. The summed E-state index contributed by atoms with van der Waals surface area (Å²) in [6.45, 7) is 5.32. The van der Waals surface area contributed by atoms with E-state index in [-0.39, 0.29) is 22.6 Å². The number of nitrogens with one attached hydrogen (secondary N) is 1. The molecule has 8 heteroatoms. The maximum Gasteiger partial charge on any atom is 0.299 e. The third-order valence-electron chi connectivity index (χ3n) is 4.10. The minimum atomic E-state index is -0.507. The summed E-state index contributed by atoms with van der Waals surface area (Å²) < 4.78 is 1.36. The van der Waals surface area contributed by atoms with E-state index in [1.807, 2.05) is 25.1 Å². The van der Waals surface area contributed by atoms with E-state index in [4.69, 9.17) is 0 Å². The van der Waals surface area contributed by atoms with Gasteiger partial charge in [-0.3, -0.25) is 20.0 Å². The van der Waals surface area contributed by atoms with Gasteiger partial charge < -0.3 is 0 Å². The molecule has 1 N–H and O–H groups in total. The molecule has 8 nitrogen and oxygen atoms in total. The van der Waals surface area contributed by atoms with Gasteiger partial charge in [-0.25, -0.2) is 4.68 Å². The molecule has 0 amide bonds. The Balaban J connectivity index is 2.06. The van der Waals surface area contributed by atoms with E-state index in [1.54, 1.807) is 32.0 Å². The molecule has 0 radical (unpaired) electrons. The molecule has 0 unspecified atom stereocenters. The average Bonchev–Trinajstić information content (AvgIpc) is 2.90. The summed E-state index contributed by atoms with van der Waals surface area (Å²) in [7, 11) is 0. The minimum Gasteiger partial charge on any atom is -0.293 e. The van der Waals surface area contributed by atoms with Crippen LogP contribution in [0.5, 0.6) is 0 Å². The molecule has 2 aromatic carbocycles. The summed E-state index contributed by atoms with van der Waals surface area (Å²) in [6.07, 6.45) is 0. The number of azo groups is 1. The Morgan fingerprint density at radius 3 is 2.35 bits per heavy atom. The fourth-order valence-corrected chi connectivity index (χ4v) is 2.53. The summed E-state index contributed by atoms with van der Waals surface area (Å²) >= 11 is 0. The third kappa shape index (κ3) is 3.16. The molecule has 0 saturated heterocycles. The van der Waals surface area contributed by atoms with Crippen LogP contribution in [0.25, 0.3) is 5.69 Å². The summed E-state index contributed by atoms with van der Waals surface area (Å²) in [5.41, 5.74) is 2.55. The first-order valence-corrected chi connectivity index (χ1v) is 7.93. The molecule has 0 fully saturated rings. The van der Waals surface area contributed by atoms with Gasteiger partial charge in [-0.05, 0) is 50.1 Å². The highest BCUT2D eigenvalue weighted by molar-refractivity contribution is 5.60. The number of H-pyrrole nitrogens is 1. The van der Waals surface area contributed by atoms with Gasteiger partial charge in [0.2, 0.25) is 0 Å². The highest BCUT2D eigenvalue weighted by Crippen LogP contribution is 2.31. The van der Waals surface area contributed by atoms with Crippen LogP contribution in [0.15, 0.2) is 57.5 Å². The second-order valence-electron chi connectivity index (χ2n) is 5.94. The number of benzene rings is 2. The second-order valence-corrected chi connectivity index (χ2v) is 5.94. The van der Waals surface area contributed by atoms with Crippen LogP contribution < -0.4 is 5.56 Å². The minimum absolute atomic E-state index is 0.112. The quantitative estimate of drug-likeness (QED) is 0.427. The van der Waals surface area contributed by atoms with E-state index >= 15 is 0 Å². The molecule has 26 heavy (non-hydrogen) atoms. The number of rotatable bonds is 4. The number of para-hydroxylation sites is 1. The largest absolute Gasteiger partial charge is 0.299 e. The monoisotopic (exact) mass is 351 g/mol. The van der Waals surface area contributed by atoms with Gasteiger partial charge in [-0.1, -0.05) is 18.2 Å². The Morgan fingerprint density at radius 2 is 1.69 bits per heavy atom. The zero-order chi connectivity index (χ0) is 18.8. The van der Waals surface area contributed by atoms with Crippen molar-refractivity contribution in [2.75, 3.05) is 0 Å². The fourth-order valence-electron chi connectivity index (χ4n) is 2.53. The number of hydrogen-bond acceptors (Lipinski definition) is 5. The first-order valence-electron chi connectivity index (χ1n) is 7.93. The summed E-state index contributed by atoms with van der Waals surface area (Å²) in [5.74, 6) is 0. The lowest BCUT2D eigenvalue weighted by Crippen LogP contribution is -2.13. The third-order valence-corrected chi connectivity index (χ3v) is 4.10. The molecule has 1 aromatic heterocycles. The van der Waals surface area contributed by atoms with E-state index in [0.717, 1.165) is 11.1 Å². The zero-order valence-electron chi connectivity index (χ0n) is 14.6. The van der Waals surface area contributed by atoms with Gasteiger partial charge in [0.05, 0.1) is 16.3 Å². The summed E-state index contributed by atoms with van der Waals surface area (Å²) in [4.78, 5) is 23.3. The predicted molar refractivity (Wildman–Crippen MR) is 97.9 cm³/mol. The topological polar surface area (TPSA) is 106 Å². The van der Waals surface area contributed by atoms with Crippen LogP contribution in [-0.2, 0) is 0 Å². The molecule has 0 aliphatic rings. The summed E-state index contributed by atoms with van der Waals surface area (Å²) in [6, 6.07) is 12.1. The van der Waals surface area contributed by atoms with Crippen LogP contribution in [0, 0.1) is 30.9 Å². The van der Waals surface area contributed by atoms with Crippen molar-refractivity contribution in [2.45, 2.75) is 20.8 Å². The fraction of sp³-hybridized carbons (Fsp3) is 0.167. The van der Waals surface area contributed by atoms with Crippen LogP contribution in [-0.4, -0.2) is 14.7 Å². The van der Waals surface area contributed by atoms with Gasteiger partial charge in [-0.2, -0.15) is 0 Å². The average molecular weight is 351 g/mol. The molecule has 0 spiro atoms. The van der Waals surface area contributed by atoms with Crippen molar-refractivity contribution in [3.63, 3.8) is 0 Å². The van der Waals surface area contributed by atoms with Crippen LogP contribution >= 0.6 is 0 Å². The van der Waals surface area contributed by atoms with Crippen molar-refractivity contribution < 1.29 is 4.92 Å². The van der Waals surface area contributed by atoms with Gasteiger partial charge >= 0.3 is 0 Å². The van der Waals surface area contributed by atoms with Crippen LogP contribution in [0.2, 0.25) is 0 Å². The molecule has 0 saturated carbocycles. The van der Waals surface area contributed by atoms with E-state index < -0.39 is 4.92 Å². The van der Waals surface area contributed by atoms with Gasteiger partial charge in [0.15, 0.2) is 11.4 Å². The lowest BCUT2D eigenvalue weighted by molar-refractivity contribution is -0.384. The number of nitro benzene ring substituents is 1. The molecule has 1 heterocycles. The van der Waals surface area contributed by atoms with Crippen molar-refractivity contribution in [2.24, 2.45) is 10.2 Å². The van der Waals surface area contributed by atoms with Gasteiger partial charge in [-0.15, -0.1) is 10.2 Å². The smallest absolute Gasteiger partial charge is 0.293 e. The van der Waals surface area contributed by atoms with Gasteiger partial charge in [0.1, 0.15) is 0 Å². The molecule has 0 bridgehead atoms. The van der Waals surface area contributed by atoms with E-state index in [0.29, 0.717) is 11.4 Å². The number of hydrogen-bond donors (Lipinski definition) is 1. The van der Waals surface area contributed by atoms with Crippen molar-refractivity contribution in [3.8, 4) is 5.69 Å². The molecule has 0 atom stereocenters. The Morgan fingerprint density at radius 1 is 1.04 bits per heavy atom. The van der Waals surface area contributed by atoms with E-state index in [9.17, 15) is 14.9 Å². The molecule has 132 valence electrons. The molecule has 3 rings (SSSR count). The number of nitro groups is 1. The van der Waals surface area contributed by atoms with E-state index in [2.05, 4.69) is 15.3 Å². The van der Waals surface area contributed by atoms with Crippen molar-refractivity contribution in [1.82, 2.24) is 9.78 Å². The Bertz CT molecular complexity index is 1060. The summed E-state index contributed by atoms with van der Waals surface area (Å²) in [5, 5.41) is 22.2. The van der Waals surface area contributed by atoms with Crippen LogP contribution in [0.4, 0.5) is 17.1 Å².